The first-order valence-electron chi connectivity index (χ1n) is 19.4. The molecule has 1 fully saturated rings. The molecule has 0 aromatic rings. The first-order valence-corrected chi connectivity index (χ1v) is 19.4. The van der Waals surface area contributed by atoms with Gasteiger partial charge in [0.05, 0.1) is 25.4 Å². The number of hydrogen-bond donors (Lipinski definition) is 3. The number of ether oxygens (including phenoxy) is 4. The summed E-state index contributed by atoms with van der Waals surface area (Å²) in [6.07, 6.45) is 21.5. The van der Waals surface area contributed by atoms with E-state index in [0.717, 1.165) is 38.5 Å². The third-order valence-corrected chi connectivity index (χ3v) is 9.39. The number of hydrogen-bond acceptors (Lipinski definition) is 9. The maximum Gasteiger partial charge on any atom is 0.306 e. The van der Waals surface area contributed by atoms with E-state index < -0.39 is 36.6 Å². The van der Waals surface area contributed by atoms with Gasteiger partial charge in [-0.3, -0.25) is 9.59 Å². The highest BCUT2D eigenvalue weighted by molar-refractivity contribution is 5.70. The molecule has 1 saturated heterocycles. The summed E-state index contributed by atoms with van der Waals surface area (Å²) in [6, 6.07) is 0. The minimum absolute atomic E-state index is 0.161. The summed E-state index contributed by atoms with van der Waals surface area (Å²) in [4.78, 5) is 25.1. The van der Waals surface area contributed by atoms with Gasteiger partial charge in [0.25, 0.3) is 0 Å². The fourth-order valence-electron chi connectivity index (χ4n) is 6.10. The fraction of sp³-hybridized carbons (Fsp3) is 0.947. The molecule has 3 N–H and O–H groups in total. The van der Waals surface area contributed by atoms with Crippen molar-refractivity contribution in [2.45, 2.75) is 206 Å². The van der Waals surface area contributed by atoms with Crippen LogP contribution in [0.25, 0.3) is 0 Å². The summed E-state index contributed by atoms with van der Waals surface area (Å²) in [7, 11) is 0. The average Bonchev–Trinajstić information content (AvgIpc) is 3.06. The van der Waals surface area contributed by atoms with Crippen LogP contribution < -0.4 is 0 Å². The second kappa shape index (κ2) is 29.6. The van der Waals surface area contributed by atoms with Crippen molar-refractivity contribution in [2.24, 2.45) is 5.92 Å². The van der Waals surface area contributed by atoms with Gasteiger partial charge in [-0.2, -0.15) is 0 Å². The Hall–Kier alpha value is -1.26. The smallest absolute Gasteiger partial charge is 0.306 e. The number of esters is 2. The first kappa shape index (κ1) is 43.8. The van der Waals surface area contributed by atoms with Crippen molar-refractivity contribution in [3.63, 3.8) is 0 Å². The van der Waals surface area contributed by atoms with Crippen molar-refractivity contribution in [2.75, 3.05) is 19.8 Å². The van der Waals surface area contributed by atoms with Gasteiger partial charge >= 0.3 is 11.9 Å². The molecule has 6 unspecified atom stereocenters. The number of aliphatic hydroxyl groups excluding tert-OH is 3. The molecule has 0 bridgehead atoms. The van der Waals surface area contributed by atoms with Gasteiger partial charge in [0.15, 0.2) is 12.4 Å². The Kier molecular flexibility index (Phi) is 27.6. The predicted octanol–water partition coefficient (Wildman–Crippen LogP) is 7.94. The van der Waals surface area contributed by atoms with Crippen molar-refractivity contribution in [3.8, 4) is 0 Å². The van der Waals surface area contributed by atoms with Crippen LogP contribution in [0.1, 0.15) is 175 Å². The summed E-state index contributed by atoms with van der Waals surface area (Å²) >= 11 is 0. The Morgan fingerprint density at radius 1 is 0.617 bits per heavy atom. The van der Waals surface area contributed by atoms with Gasteiger partial charge in [-0.1, -0.05) is 149 Å². The molecule has 47 heavy (non-hydrogen) atoms. The van der Waals surface area contributed by atoms with E-state index in [1.54, 1.807) is 6.92 Å². The summed E-state index contributed by atoms with van der Waals surface area (Å²) in [5, 5.41) is 30.4. The topological polar surface area (TPSA) is 132 Å². The molecule has 0 aromatic carbocycles. The van der Waals surface area contributed by atoms with Crippen molar-refractivity contribution < 1.29 is 43.9 Å². The lowest BCUT2D eigenvalue weighted by Gasteiger charge is -2.40. The van der Waals surface area contributed by atoms with Gasteiger partial charge in [0.2, 0.25) is 0 Å². The van der Waals surface area contributed by atoms with E-state index >= 15 is 0 Å². The SMILES string of the molecule is CCCCCCCCCCCCCC(=O)OCC(COC1OC(CO)C(C)C(O)C1O)OC(=O)CCCCCCCCCCCCC. The van der Waals surface area contributed by atoms with Crippen molar-refractivity contribution in [3.05, 3.63) is 0 Å². The van der Waals surface area contributed by atoms with Gasteiger partial charge in [0, 0.05) is 18.8 Å². The zero-order chi connectivity index (χ0) is 34.5. The van der Waals surface area contributed by atoms with E-state index in [0.29, 0.717) is 6.42 Å². The highest BCUT2D eigenvalue weighted by Gasteiger charge is 2.42. The summed E-state index contributed by atoms with van der Waals surface area (Å²) in [6.45, 7) is 5.47. The molecule has 1 aliphatic heterocycles. The molecule has 0 aliphatic carbocycles. The summed E-state index contributed by atoms with van der Waals surface area (Å²) < 4.78 is 22.5. The van der Waals surface area contributed by atoms with Crippen molar-refractivity contribution in [1.29, 1.82) is 0 Å². The Balaban J connectivity index is 2.40. The molecule has 0 aromatic heterocycles. The molecule has 0 spiro atoms. The molecular weight excluding hydrogens is 600 g/mol. The molecule has 6 atom stereocenters. The molecule has 1 heterocycles. The Bertz CT molecular complexity index is 747. The molecule has 0 amide bonds. The lowest BCUT2D eigenvalue weighted by atomic mass is 9.91. The minimum atomic E-state index is -1.33. The average molecular weight is 673 g/mol. The van der Waals surface area contributed by atoms with E-state index in [9.17, 15) is 24.9 Å². The number of unbranched alkanes of at least 4 members (excludes halogenated alkanes) is 20. The van der Waals surface area contributed by atoms with Gasteiger partial charge in [-0.25, -0.2) is 0 Å². The van der Waals surface area contributed by atoms with Crippen LogP contribution in [0.2, 0.25) is 0 Å². The number of rotatable bonds is 31. The Morgan fingerprint density at radius 3 is 1.49 bits per heavy atom. The van der Waals surface area contributed by atoms with Crippen LogP contribution in [0.3, 0.4) is 0 Å². The molecule has 1 rings (SSSR count). The van der Waals surface area contributed by atoms with Crippen molar-refractivity contribution >= 4 is 11.9 Å². The van der Waals surface area contributed by atoms with E-state index in [1.807, 2.05) is 0 Å². The molecule has 0 saturated carbocycles. The van der Waals surface area contributed by atoms with Crippen LogP contribution in [-0.2, 0) is 28.5 Å². The quantitative estimate of drug-likeness (QED) is 0.0496. The largest absolute Gasteiger partial charge is 0.462 e. The third-order valence-electron chi connectivity index (χ3n) is 9.39. The van der Waals surface area contributed by atoms with Gasteiger partial charge in [0.1, 0.15) is 12.7 Å². The van der Waals surface area contributed by atoms with Gasteiger partial charge in [-0.05, 0) is 12.8 Å². The normalized spacial score (nSPS) is 21.9. The molecule has 0 radical (unpaired) electrons. The van der Waals surface area contributed by atoms with E-state index in [4.69, 9.17) is 18.9 Å². The Labute approximate surface area is 286 Å². The van der Waals surface area contributed by atoms with Crippen LogP contribution in [0.15, 0.2) is 0 Å². The molecule has 1 aliphatic rings. The van der Waals surface area contributed by atoms with Crippen LogP contribution >= 0.6 is 0 Å². The lowest BCUT2D eigenvalue weighted by Crippen LogP contribution is -2.55. The molecule has 9 heteroatoms. The number of carbonyl (C=O) groups excluding carboxylic acids is 2. The highest BCUT2D eigenvalue weighted by atomic mass is 16.7. The highest BCUT2D eigenvalue weighted by Crippen LogP contribution is 2.26. The van der Waals surface area contributed by atoms with Gasteiger partial charge < -0.3 is 34.3 Å². The Morgan fingerprint density at radius 2 is 1.04 bits per heavy atom. The molecule has 9 nitrogen and oxygen atoms in total. The van der Waals surface area contributed by atoms with Crippen LogP contribution in [-0.4, -0.2) is 77.8 Å². The fourth-order valence-corrected chi connectivity index (χ4v) is 6.10. The van der Waals surface area contributed by atoms with E-state index in [1.165, 1.54) is 103 Å². The third kappa shape index (κ3) is 22.2. The van der Waals surface area contributed by atoms with Crippen LogP contribution in [0, 0.1) is 5.92 Å². The minimum Gasteiger partial charge on any atom is -0.462 e. The van der Waals surface area contributed by atoms with E-state index in [-0.39, 0.29) is 38.2 Å². The van der Waals surface area contributed by atoms with Gasteiger partial charge in [-0.15, -0.1) is 0 Å². The van der Waals surface area contributed by atoms with Crippen molar-refractivity contribution in [1.82, 2.24) is 0 Å². The predicted molar refractivity (Wildman–Crippen MR) is 186 cm³/mol. The van der Waals surface area contributed by atoms with Crippen LogP contribution in [0.5, 0.6) is 0 Å². The monoisotopic (exact) mass is 673 g/mol. The zero-order valence-corrected chi connectivity index (χ0v) is 30.3. The first-order chi connectivity index (χ1) is 22.8. The maximum absolute atomic E-state index is 12.7. The lowest BCUT2D eigenvalue weighted by molar-refractivity contribution is -0.293. The maximum atomic E-state index is 12.7. The number of aliphatic hydroxyl groups is 3. The second-order valence-electron chi connectivity index (χ2n) is 13.8. The zero-order valence-electron chi connectivity index (χ0n) is 30.3. The molecule has 278 valence electrons. The summed E-state index contributed by atoms with van der Waals surface area (Å²) in [5.41, 5.74) is 0. The standard InChI is InChI=1S/C38H72O9/c1-4-6-8-10-12-14-16-18-20-22-24-26-34(40)44-29-32(30-45-38-37(43)36(42)31(3)33(28-39)47-38)46-35(41)27-25-23-21-19-17-15-13-11-9-7-5-2/h31-33,36-39,42-43H,4-30H2,1-3H3. The van der Waals surface area contributed by atoms with E-state index in [2.05, 4.69) is 13.8 Å². The van der Waals surface area contributed by atoms with Crippen LogP contribution in [0.4, 0.5) is 0 Å². The summed E-state index contributed by atoms with van der Waals surface area (Å²) in [5.74, 6) is -1.21. The number of carbonyl (C=O) groups is 2. The molecular formula is C38H72O9. The second-order valence-corrected chi connectivity index (χ2v) is 13.8.